The summed E-state index contributed by atoms with van der Waals surface area (Å²) in [6, 6.07) is 14.2. The number of piperidine rings is 1. The number of hydrogen-bond acceptors (Lipinski definition) is 4. The molecule has 0 aliphatic carbocycles. The van der Waals surface area contributed by atoms with Gasteiger partial charge in [0.1, 0.15) is 11.6 Å². The molecule has 4 heterocycles. The molecule has 0 radical (unpaired) electrons. The molecular formula is C22H25N3O2. The molecule has 2 aromatic rings. The second kappa shape index (κ2) is 6.55. The normalized spacial score (nSPS) is 23.3. The predicted octanol–water partition coefficient (Wildman–Crippen LogP) is 2.76. The van der Waals surface area contributed by atoms with Crippen LogP contribution in [0, 0.1) is 11.3 Å². The van der Waals surface area contributed by atoms with Gasteiger partial charge in [-0.2, -0.15) is 0 Å². The Bertz CT molecular complexity index is 832. The number of ether oxygens (including phenoxy) is 1. The van der Waals surface area contributed by atoms with E-state index in [1.165, 1.54) is 5.56 Å². The molecular weight excluding hydrogens is 338 g/mol. The first kappa shape index (κ1) is 16.6. The van der Waals surface area contributed by atoms with Crippen molar-refractivity contribution < 1.29 is 9.53 Å². The zero-order valence-electron chi connectivity index (χ0n) is 15.5. The molecule has 0 N–H and O–H groups in total. The van der Waals surface area contributed by atoms with Crippen LogP contribution in [0.4, 0.5) is 5.82 Å². The summed E-state index contributed by atoms with van der Waals surface area (Å²) in [5.74, 6) is 2.37. The van der Waals surface area contributed by atoms with Crippen LogP contribution < -0.4 is 9.64 Å². The highest BCUT2D eigenvalue weighted by molar-refractivity contribution is 5.80. The van der Waals surface area contributed by atoms with Gasteiger partial charge in [0.15, 0.2) is 0 Å². The lowest BCUT2D eigenvalue weighted by atomic mass is 9.73. The van der Waals surface area contributed by atoms with Crippen LogP contribution in [0.15, 0.2) is 48.7 Å². The van der Waals surface area contributed by atoms with E-state index in [1.807, 2.05) is 41.4 Å². The number of likely N-dealkylation sites (tertiary alicyclic amines) is 1. The minimum Gasteiger partial charge on any atom is -0.493 e. The molecule has 1 aromatic carbocycles. The number of anilines is 1. The molecule has 2 saturated heterocycles. The van der Waals surface area contributed by atoms with Gasteiger partial charge in [-0.3, -0.25) is 4.79 Å². The molecule has 1 amide bonds. The largest absolute Gasteiger partial charge is 0.493 e. The number of amides is 1. The summed E-state index contributed by atoms with van der Waals surface area (Å²) < 4.78 is 5.98. The monoisotopic (exact) mass is 363 g/mol. The van der Waals surface area contributed by atoms with E-state index in [4.69, 9.17) is 4.74 Å². The number of fused-ring (bicyclic) bond motifs is 1. The number of rotatable bonds is 2. The van der Waals surface area contributed by atoms with E-state index < -0.39 is 0 Å². The lowest BCUT2D eigenvalue weighted by Crippen LogP contribution is -2.64. The van der Waals surface area contributed by atoms with Crippen molar-refractivity contribution in [1.29, 1.82) is 0 Å². The van der Waals surface area contributed by atoms with Crippen molar-refractivity contribution in [3.63, 3.8) is 0 Å². The maximum Gasteiger partial charge on any atom is 0.227 e. The Balaban J connectivity index is 1.22. The molecule has 0 saturated carbocycles. The second-order valence-corrected chi connectivity index (χ2v) is 8.24. The fraction of sp³-hybridized carbons (Fsp3) is 0.455. The topological polar surface area (TPSA) is 45.7 Å². The van der Waals surface area contributed by atoms with E-state index in [0.717, 1.165) is 63.6 Å². The Labute approximate surface area is 159 Å². The number of pyridine rings is 1. The molecule has 0 bridgehead atoms. The van der Waals surface area contributed by atoms with Crippen molar-refractivity contribution in [1.82, 2.24) is 9.88 Å². The maximum atomic E-state index is 13.1. The van der Waals surface area contributed by atoms with Crippen molar-refractivity contribution in [3.05, 3.63) is 54.2 Å². The fourth-order valence-corrected chi connectivity index (χ4v) is 4.78. The van der Waals surface area contributed by atoms with E-state index in [1.54, 1.807) is 0 Å². The number of para-hydroxylation sites is 1. The van der Waals surface area contributed by atoms with Crippen molar-refractivity contribution in [2.75, 3.05) is 37.7 Å². The number of hydrogen-bond donors (Lipinski definition) is 0. The van der Waals surface area contributed by atoms with Crippen LogP contribution in [0.25, 0.3) is 0 Å². The van der Waals surface area contributed by atoms with Gasteiger partial charge in [-0.25, -0.2) is 4.98 Å². The molecule has 2 fully saturated rings. The van der Waals surface area contributed by atoms with Crippen molar-refractivity contribution in [3.8, 4) is 5.75 Å². The molecule has 5 nitrogen and oxygen atoms in total. The molecule has 140 valence electrons. The predicted molar refractivity (Wildman–Crippen MR) is 104 cm³/mol. The lowest BCUT2D eigenvalue weighted by Gasteiger charge is -2.53. The first-order valence-electron chi connectivity index (χ1n) is 9.88. The summed E-state index contributed by atoms with van der Waals surface area (Å²) in [5, 5.41) is 0. The Morgan fingerprint density at radius 1 is 1.15 bits per heavy atom. The summed E-state index contributed by atoms with van der Waals surface area (Å²) in [5.41, 5.74) is 1.38. The highest BCUT2D eigenvalue weighted by Crippen LogP contribution is 2.41. The van der Waals surface area contributed by atoms with E-state index >= 15 is 0 Å². The van der Waals surface area contributed by atoms with Gasteiger partial charge < -0.3 is 14.5 Å². The van der Waals surface area contributed by atoms with Gasteiger partial charge in [0.05, 0.1) is 12.5 Å². The van der Waals surface area contributed by atoms with Crippen LogP contribution in [0.5, 0.6) is 5.75 Å². The van der Waals surface area contributed by atoms with Gasteiger partial charge in [-0.15, -0.1) is 0 Å². The average molecular weight is 363 g/mol. The molecule has 5 heteroatoms. The third-order valence-corrected chi connectivity index (χ3v) is 6.18. The van der Waals surface area contributed by atoms with E-state index in [0.29, 0.717) is 5.91 Å². The summed E-state index contributed by atoms with van der Waals surface area (Å²) in [4.78, 5) is 21.8. The minimum absolute atomic E-state index is 0.0786. The zero-order valence-corrected chi connectivity index (χ0v) is 15.5. The van der Waals surface area contributed by atoms with E-state index in [2.05, 4.69) is 22.0 Å². The van der Waals surface area contributed by atoms with Gasteiger partial charge in [0.25, 0.3) is 0 Å². The third kappa shape index (κ3) is 3.05. The third-order valence-electron chi connectivity index (χ3n) is 6.18. The van der Waals surface area contributed by atoms with Crippen molar-refractivity contribution >= 4 is 11.7 Å². The molecule has 1 unspecified atom stereocenters. The molecule has 1 atom stereocenters. The molecule has 1 aromatic heterocycles. The Hall–Kier alpha value is -2.56. The number of nitrogens with zero attached hydrogens (tertiary/aromatic N) is 3. The number of carbonyl (C=O) groups is 1. The summed E-state index contributed by atoms with van der Waals surface area (Å²) in [6.45, 7) is 4.12. The molecule has 3 aliphatic rings. The number of carbonyl (C=O) groups excluding carboxylic acids is 1. The van der Waals surface area contributed by atoms with Crippen molar-refractivity contribution in [2.24, 2.45) is 11.3 Å². The first-order chi connectivity index (χ1) is 13.2. The molecule has 27 heavy (non-hydrogen) atoms. The zero-order chi connectivity index (χ0) is 18.3. The highest BCUT2D eigenvalue weighted by Gasteiger charge is 2.49. The second-order valence-electron chi connectivity index (χ2n) is 8.24. The van der Waals surface area contributed by atoms with Crippen LogP contribution in [0.1, 0.15) is 18.4 Å². The van der Waals surface area contributed by atoms with Gasteiger partial charge >= 0.3 is 0 Å². The van der Waals surface area contributed by atoms with Crippen LogP contribution in [0.2, 0.25) is 0 Å². The first-order valence-corrected chi connectivity index (χ1v) is 9.88. The van der Waals surface area contributed by atoms with Gasteiger partial charge in [-0.1, -0.05) is 24.3 Å². The quantitative estimate of drug-likeness (QED) is 0.823. The molecule has 3 aliphatic heterocycles. The lowest BCUT2D eigenvalue weighted by molar-refractivity contribution is -0.151. The number of aromatic nitrogens is 1. The Kier molecular flexibility index (Phi) is 4.03. The number of benzene rings is 1. The average Bonchev–Trinajstić information content (AvgIpc) is 2.72. The summed E-state index contributed by atoms with van der Waals surface area (Å²) >= 11 is 0. The van der Waals surface area contributed by atoms with Crippen molar-refractivity contribution in [2.45, 2.75) is 19.3 Å². The van der Waals surface area contributed by atoms with Gasteiger partial charge in [0.2, 0.25) is 5.91 Å². The van der Waals surface area contributed by atoms with E-state index in [-0.39, 0.29) is 11.3 Å². The summed E-state index contributed by atoms with van der Waals surface area (Å²) in [7, 11) is 0. The maximum absolute atomic E-state index is 13.1. The Morgan fingerprint density at radius 3 is 2.85 bits per heavy atom. The Morgan fingerprint density at radius 2 is 2.00 bits per heavy atom. The fourth-order valence-electron chi connectivity index (χ4n) is 4.78. The van der Waals surface area contributed by atoms with E-state index in [9.17, 15) is 4.79 Å². The van der Waals surface area contributed by atoms with Crippen LogP contribution >= 0.6 is 0 Å². The highest BCUT2D eigenvalue weighted by atomic mass is 16.5. The van der Waals surface area contributed by atoms with Gasteiger partial charge in [0, 0.05) is 37.8 Å². The standard InChI is InChI=1S/C22H25N3O2/c26-21(18-7-5-11-24(13-18)20-9-3-4-10-23-20)25-14-22(15-25)12-17-6-1-2-8-19(17)27-16-22/h1-4,6,8-10,18H,5,7,11-16H2. The smallest absolute Gasteiger partial charge is 0.227 e. The van der Waals surface area contributed by atoms with Crippen LogP contribution in [-0.2, 0) is 11.2 Å². The van der Waals surface area contributed by atoms with Gasteiger partial charge in [-0.05, 0) is 43.0 Å². The van der Waals surface area contributed by atoms with Crippen LogP contribution in [0.3, 0.4) is 0 Å². The molecule has 1 spiro atoms. The van der Waals surface area contributed by atoms with Crippen LogP contribution in [-0.4, -0.2) is 48.6 Å². The molecule has 5 rings (SSSR count). The minimum atomic E-state index is 0.0786. The SMILES string of the molecule is O=C(C1CCCN(c2ccccn2)C1)N1CC2(COc3ccccc3C2)C1. The summed E-state index contributed by atoms with van der Waals surface area (Å²) in [6.07, 6.45) is 4.85.